The van der Waals surface area contributed by atoms with Gasteiger partial charge in [-0.05, 0) is 19.4 Å². The molecular formula is C19H41NO3. The van der Waals surface area contributed by atoms with Crippen LogP contribution in [0.1, 0.15) is 77.6 Å². The first-order valence-electron chi connectivity index (χ1n) is 9.89. The van der Waals surface area contributed by atoms with Gasteiger partial charge in [-0.2, -0.15) is 0 Å². The van der Waals surface area contributed by atoms with E-state index in [0.29, 0.717) is 13.2 Å². The molecular weight excluding hydrogens is 290 g/mol. The lowest BCUT2D eigenvalue weighted by Gasteiger charge is -2.06. The van der Waals surface area contributed by atoms with Crippen molar-refractivity contribution in [1.29, 1.82) is 0 Å². The van der Waals surface area contributed by atoms with Crippen LogP contribution in [0.25, 0.3) is 0 Å². The first kappa shape index (κ1) is 22.8. The van der Waals surface area contributed by atoms with Crippen LogP contribution in [0.3, 0.4) is 0 Å². The Kier molecular flexibility index (Phi) is 21.7. The molecule has 0 atom stereocenters. The molecule has 0 aliphatic heterocycles. The van der Waals surface area contributed by atoms with Crippen LogP contribution in [-0.2, 0) is 9.47 Å². The van der Waals surface area contributed by atoms with Gasteiger partial charge < -0.3 is 19.9 Å². The zero-order valence-electron chi connectivity index (χ0n) is 15.5. The van der Waals surface area contributed by atoms with E-state index in [1.165, 1.54) is 64.2 Å². The number of hydrogen-bond acceptors (Lipinski definition) is 4. The highest BCUT2D eigenvalue weighted by molar-refractivity contribution is 4.49. The Morgan fingerprint density at radius 2 is 1.17 bits per heavy atom. The van der Waals surface area contributed by atoms with Gasteiger partial charge in [-0.1, -0.05) is 64.7 Å². The number of hydrogen-bond donors (Lipinski definition) is 2. The van der Waals surface area contributed by atoms with Crippen molar-refractivity contribution in [2.24, 2.45) is 0 Å². The lowest BCUT2D eigenvalue weighted by atomic mass is 10.1. The van der Waals surface area contributed by atoms with E-state index in [0.717, 1.165) is 32.7 Å². The summed E-state index contributed by atoms with van der Waals surface area (Å²) in [6.07, 6.45) is 14.8. The van der Waals surface area contributed by atoms with Gasteiger partial charge in [-0.25, -0.2) is 0 Å². The van der Waals surface area contributed by atoms with Gasteiger partial charge in [0.05, 0.1) is 19.8 Å². The molecule has 0 unspecified atom stereocenters. The van der Waals surface area contributed by atoms with Gasteiger partial charge in [-0.3, -0.25) is 0 Å². The van der Waals surface area contributed by atoms with Crippen molar-refractivity contribution >= 4 is 0 Å². The Hall–Kier alpha value is -0.160. The monoisotopic (exact) mass is 331 g/mol. The van der Waals surface area contributed by atoms with Crippen molar-refractivity contribution in [3.63, 3.8) is 0 Å². The maximum Gasteiger partial charge on any atom is 0.0698 e. The van der Waals surface area contributed by atoms with Crippen LogP contribution < -0.4 is 5.32 Å². The van der Waals surface area contributed by atoms with Gasteiger partial charge in [0, 0.05) is 19.8 Å². The van der Waals surface area contributed by atoms with E-state index < -0.39 is 0 Å². The maximum absolute atomic E-state index is 8.55. The second kappa shape index (κ2) is 21.8. The first-order valence-corrected chi connectivity index (χ1v) is 9.89. The Morgan fingerprint density at radius 3 is 1.83 bits per heavy atom. The summed E-state index contributed by atoms with van der Waals surface area (Å²) in [5.41, 5.74) is 0. The zero-order valence-corrected chi connectivity index (χ0v) is 15.5. The summed E-state index contributed by atoms with van der Waals surface area (Å²) in [7, 11) is 0. The normalized spacial score (nSPS) is 11.2. The van der Waals surface area contributed by atoms with Gasteiger partial charge in [0.2, 0.25) is 0 Å². The third-order valence-electron chi connectivity index (χ3n) is 3.94. The highest BCUT2D eigenvalue weighted by Gasteiger charge is 1.94. The highest BCUT2D eigenvalue weighted by atomic mass is 16.5. The minimum absolute atomic E-state index is 0.104. The molecule has 0 aromatic heterocycles. The van der Waals surface area contributed by atoms with Crippen LogP contribution in [0, 0.1) is 0 Å². The highest BCUT2D eigenvalue weighted by Crippen LogP contribution is 2.10. The fourth-order valence-electron chi connectivity index (χ4n) is 2.53. The van der Waals surface area contributed by atoms with Gasteiger partial charge in [0.1, 0.15) is 0 Å². The van der Waals surface area contributed by atoms with Crippen LogP contribution in [0.5, 0.6) is 0 Å². The molecule has 4 heteroatoms. The van der Waals surface area contributed by atoms with Crippen molar-refractivity contribution in [2.45, 2.75) is 77.6 Å². The van der Waals surface area contributed by atoms with Crippen molar-refractivity contribution in [1.82, 2.24) is 5.32 Å². The predicted octanol–water partition coefficient (Wildman–Crippen LogP) is 3.91. The molecule has 0 aromatic rings. The summed E-state index contributed by atoms with van der Waals surface area (Å²) in [4.78, 5) is 0. The molecule has 0 saturated heterocycles. The molecule has 2 N–H and O–H groups in total. The summed E-state index contributed by atoms with van der Waals surface area (Å²) in [6.45, 7) is 7.06. The van der Waals surface area contributed by atoms with Crippen LogP contribution >= 0.6 is 0 Å². The summed E-state index contributed by atoms with van der Waals surface area (Å²) >= 11 is 0. The van der Waals surface area contributed by atoms with E-state index in [2.05, 4.69) is 12.2 Å². The number of ether oxygens (including phenoxy) is 2. The first-order chi connectivity index (χ1) is 11.4. The molecule has 23 heavy (non-hydrogen) atoms. The molecule has 0 spiro atoms. The number of aliphatic hydroxyl groups excluding tert-OH is 1. The van der Waals surface area contributed by atoms with Gasteiger partial charge in [0.15, 0.2) is 0 Å². The van der Waals surface area contributed by atoms with Crippen molar-refractivity contribution in [3.8, 4) is 0 Å². The van der Waals surface area contributed by atoms with E-state index in [4.69, 9.17) is 14.6 Å². The fraction of sp³-hybridized carbons (Fsp3) is 1.00. The quantitative estimate of drug-likeness (QED) is 0.332. The van der Waals surface area contributed by atoms with E-state index in [-0.39, 0.29) is 6.61 Å². The molecule has 0 bridgehead atoms. The van der Waals surface area contributed by atoms with Crippen LogP contribution in [0.4, 0.5) is 0 Å². The average molecular weight is 332 g/mol. The third kappa shape index (κ3) is 21.8. The van der Waals surface area contributed by atoms with Crippen molar-refractivity contribution in [2.75, 3.05) is 46.1 Å². The SMILES string of the molecule is CCCCCCCCCCCCOCCCNCCOCCO. The average Bonchev–Trinajstić information content (AvgIpc) is 2.57. The standard InChI is InChI=1S/C19H41NO3/c1-2-3-4-5-6-7-8-9-10-11-16-22-17-12-13-20-14-18-23-19-15-21/h20-21H,2-19H2,1H3. The molecule has 0 heterocycles. The molecule has 0 fully saturated rings. The minimum Gasteiger partial charge on any atom is -0.394 e. The molecule has 4 nitrogen and oxygen atoms in total. The maximum atomic E-state index is 8.55. The second-order valence-electron chi connectivity index (χ2n) is 6.23. The van der Waals surface area contributed by atoms with Crippen LogP contribution in [0.15, 0.2) is 0 Å². The molecule has 0 saturated carbocycles. The second-order valence-corrected chi connectivity index (χ2v) is 6.23. The lowest BCUT2D eigenvalue weighted by Crippen LogP contribution is -2.22. The summed E-state index contributed by atoms with van der Waals surface area (Å²) in [6, 6.07) is 0. The van der Waals surface area contributed by atoms with Crippen molar-refractivity contribution < 1.29 is 14.6 Å². The number of aliphatic hydroxyl groups is 1. The van der Waals surface area contributed by atoms with E-state index in [1.54, 1.807) is 0 Å². The zero-order chi connectivity index (χ0) is 16.8. The smallest absolute Gasteiger partial charge is 0.0698 e. The van der Waals surface area contributed by atoms with Crippen molar-refractivity contribution in [3.05, 3.63) is 0 Å². The Morgan fingerprint density at radius 1 is 0.609 bits per heavy atom. The van der Waals surface area contributed by atoms with Gasteiger partial charge in [-0.15, -0.1) is 0 Å². The minimum atomic E-state index is 0.104. The van der Waals surface area contributed by atoms with E-state index in [1.807, 2.05) is 0 Å². The van der Waals surface area contributed by atoms with E-state index in [9.17, 15) is 0 Å². The topological polar surface area (TPSA) is 50.7 Å². The Balaban J connectivity index is 2.92. The molecule has 0 aliphatic rings. The van der Waals surface area contributed by atoms with Gasteiger partial charge in [0.25, 0.3) is 0 Å². The summed E-state index contributed by atoms with van der Waals surface area (Å²) in [5, 5.41) is 11.8. The summed E-state index contributed by atoms with van der Waals surface area (Å²) < 4.78 is 10.8. The molecule has 0 aliphatic carbocycles. The Labute approximate surface area is 144 Å². The van der Waals surface area contributed by atoms with Crippen LogP contribution in [0.2, 0.25) is 0 Å². The summed E-state index contributed by atoms with van der Waals surface area (Å²) in [5.74, 6) is 0. The largest absolute Gasteiger partial charge is 0.394 e. The van der Waals surface area contributed by atoms with E-state index >= 15 is 0 Å². The number of unbranched alkanes of at least 4 members (excludes halogenated alkanes) is 9. The van der Waals surface area contributed by atoms with Crippen LogP contribution in [-0.4, -0.2) is 51.2 Å². The van der Waals surface area contributed by atoms with Gasteiger partial charge >= 0.3 is 0 Å². The third-order valence-corrected chi connectivity index (χ3v) is 3.94. The molecule has 0 amide bonds. The Bertz CT molecular complexity index is 183. The number of nitrogens with one attached hydrogen (secondary N) is 1. The fourth-order valence-corrected chi connectivity index (χ4v) is 2.53. The molecule has 140 valence electrons. The predicted molar refractivity (Wildman–Crippen MR) is 98.1 cm³/mol. The number of rotatable bonds is 20. The molecule has 0 aromatic carbocycles. The lowest BCUT2D eigenvalue weighted by molar-refractivity contribution is 0.0928. The molecule has 0 rings (SSSR count). The molecule has 0 radical (unpaired) electrons.